The predicted molar refractivity (Wildman–Crippen MR) is 99.8 cm³/mol. The molecule has 1 aliphatic rings. The molecule has 1 fully saturated rings. The van der Waals surface area contributed by atoms with E-state index in [2.05, 4.69) is 12.2 Å². The Morgan fingerprint density at radius 1 is 1.00 bits per heavy atom. The van der Waals surface area contributed by atoms with Gasteiger partial charge in [-0.15, -0.1) is 0 Å². The van der Waals surface area contributed by atoms with Crippen molar-refractivity contribution in [1.29, 1.82) is 0 Å². The molecule has 130 valence electrons. The summed E-state index contributed by atoms with van der Waals surface area (Å²) in [4.78, 5) is 26.9. The van der Waals surface area contributed by atoms with Crippen molar-refractivity contribution in [1.82, 2.24) is 4.90 Å². The summed E-state index contributed by atoms with van der Waals surface area (Å²) in [7, 11) is 0. The van der Waals surface area contributed by atoms with E-state index in [0.717, 1.165) is 25.8 Å². The van der Waals surface area contributed by atoms with Gasteiger partial charge in [-0.1, -0.05) is 25.1 Å². The fraction of sp³-hybridized carbons (Fsp3) is 0.333. The lowest BCUT2D eigenvalue weighted by atomic mass is 9.99. The van der Waals surface area contributed by atoms with Crippen LogP contribution in [0.2, 0.25) is 0 Å². The van der Waals surface area contributed by atoms with E-state index in [1.165, 1.54) is 6.42 Å². The highest BCUT2D eigenvalue weighted by Gasteiger charge is 2.26. The van der Waals surface area contributed by atoms with Gasteiger partial charge in [0.1, 0.15) is 0 Å². The van der Waals surface area contributed by atoms with Gasteiger partial charge in [0.2, 0.25) is 0 Å². The van der Waals surface area contributed by atoms with Crippen LogP contribution in [0.1, 0.15) is 53.3 Å². The second-order valence-corrected chi connectivity index (χ2v) is 6.45. The molecule has 2 amide bonds. The lowest BCUT2D eigenvalue weighted by molar-refractivity contribution is 0.0608. The molecule has 1 atom stereocenters. The molecule has 0 radical (unpaired) electrons. The Morgan fingerprint density at radius 2 is 1.72 bits per heavy atom. The molecule has 0 unspecified atom stereocenters. The van der Waals surface area contributed by atoms with Crippen molar-refractivity contribution in [2.24, 2.45) is 0 Å². The molecule has 0 spiro atoms. The standard InChI is InChI=1S/C21H24N2O2/c1-2-19-10-6-7-15-23(19)21(25)17-11-13-18(14-12-17)22-20(24)16-8-4-3-5-9-16/h3-5,8-9,11-14,19H,2,6-7,10,15H2,1H3,(H,22,24)/t19-/m1/s1. The molecule has 1 heterocycles. The Morgan fingerprint density at radius 3 is 2.40 bits per heavy atom. The maximum atomic E-state index is 12.8. The van der Waals surface area contributed by atoms with Gasteiger partial charge in [-0.25, -0.2) is 0 Å². The molecule has 1 saturated heterocycles. The van der Waals surface area contributed by atoms with Gasteiger partial charge in [-0.2, -0.15) is 0 Å². The van der Waals surface area contributed by atoms with Crippen LogP contribution >= 0.6 is 0 Å². The number of hydrogen-bond acceptors (Lipinski definition) is 2. The van der Waals surface area contributed by atoms with Gasteiger partial charge < -0.3 is 10.2 Å². The highest BCUT2D eigenvalue weighted by atomic mass is 16.2. The minimum atomic E-state index is -0.151. The number of nitrogens with one attached hydrogen (secondary N) is 1. The van der Waals surface area contributed by atoms with E-state index in [0.29, 0.717) is 22.9 Å². The summed E-state index contributed by atoms with van der Waals surface area (Å²) in [6, 6.07) is 16.6. The van der Waals surface area contributed by atoms with Crippen LogP contribution in [0, 0.1) is 0 Å². The molecule has 2 aromatic rings. The van der Waals surface area contributed by atoms with Crippen LogP contribution in [0.15, 0.2) is 54.6 Å². The van der Waals surface area contributed by atoms with Crippen LogP contribution in [0.5, 0.6) is 0 Å². The third kappa shape index (κ3) is 4.08. The van der Waals surface area contributed by atoms with Crippen LogP contribution in [0.25, 0.3) is 0 Å². The lowest BCUT2D eigenvalue weighted by Gasteiger charge is -2.35. The zero-order valence-corrected chi connectivity index (χ0v) is 14.6. The van der Waals surface area contributed by atoms with Crippen LogP contribution in [-0.4, -0.2) is 29.3 Å². The third-order valence-electron chi connectivity index (χ3n) is 4.78. The normalized spacial score (nSPS) is 17.2. The van der Waals surface area contributed by atoms with Crippen molar-refractivity contribution in [3.05, 3.63) is 65.7 Å². The first-order valence-electron chi connectivity index (χ1n) is 8.96. The molecule has 1 aliphatic heterocycles. The smallest absolute Gasteiger partial charge is 0.255 e. The molecule has 2 aromatic carbocycles. The lowest BCUT2D eigenvalue weighted by Crippen LogP contribution is -2.43. The van der Waals surface area contributed by atoms with E-state index in [4.69, 9.17) is 0 Å². The van der Waals surface area contributed by atoms with Gasteiger partial charge in [0, 0.05) is 29.4 Å². The number of carbonyl (C=O) groups excluding carboxylic acids is 2. The summed E-state index contributed by atoms with van der Waals surface area (Å²) in [5, 5.41) is 2.86. The SMILES string of the molecule is CC[C@@H]1CCCCN1C(=O)c1ccc(NC(=O)c2ccccc2)cc1. The number of amides is 2. The van der Waals surface area contributed by atoms with E-state index in [9.17, 15) is 9.59 Å². The van der Waals surface area contributed by atoms with Crippen molar-refractivity contribution in [3.63, 3.8) is 0 Å². The summed E-state index contributed by atoms with van der Waals surface area (Å²) < 4.78 is 0. The molecule has 4 nitrogen and oxygen atoms in total. The second kappa shape index (κ2) is 7.97. The number of anilines is 1. The van der Waals surface area contributed by atoms with Gasteiger partial charge in [0.05, 0.1) is 0 Å². The first kappa shape index (κ1) is 17.2. The molecule has 3 rings (SSSR count). The van der Waals surface area contributed by atoms with Crippen molar-refractivity contribution in [3.8, 4) is 0 Å². The van der Waals surface area contributed by atoms with E-state index in [-0.39, 0.29) is 11.8 Å². The molecule has 0 aromatic heterocycles. The van der Waals surface area contributed by atoms with Gasteiger partial charge >= 0.3 is 0 Å². The van der Waals surface area contributed by atoms with E-state index >= 15 is 0 Å². The first-order valence-corrected chi connectivity index (χ1v) is 8.96. The Bertz CT molecular complexity index is 725. The molecule has 0 bridgehead atoms. The van der Waals surface area contributed by atoms with E-state index in [1.807, 2.05) is 23.1 Å². The monoisotopic (exact) mass is 336 g/mol. The summed E-state index contributed by atoms with van der Waals surface area (Å²) in [6.45, 7) is 2.97. The summed E-state index contributed by atoms with van der Waals surface area (Å²) in [5.41, 5.74) is 1.98. The van der Waals surface area contributed by atoms with Crippen molar-refractivity contribution >= 4 is 17.5 Å². The van der Waals surface area contributed by atoms with Gasteiger partial charge in [0.15, 0.2) is 0 Å². The first-order chi connectivity index (χ1) is 12.2. The Balaban J connectivity index is 1.67. The maximum Gasteiger partial charge on any atom is 0.255 e. The average molecular weight is 336 g/mol. The maximum absolute atomic E-state index is 12.8. The zero-order valence-electron chi connectivity index (χ0n) is 14.6. The number of piperidine rings is 1. The highest BCUT2D eigenvalue weighted by Crippen LogP contribution is 2.22. The largest absolute Gasteiger partial charge is 0.336 e. The Labute approximate surface area is 148 Å². The number of benzene rings is 2. The minimum absolute atomic E-state index is 0.0903. The van der Waals surface area contributed by atoms with Crippen LogP contribution in [0.3, 0.4) is 0 Å². The Kier molecular flexibility index (Phi) is 5.49. The molecule has 1 N–H and O–H groups in total. The van der Waals surface area contributed by atoms with Crippen LogP contribution in [-0.2, 0) is 0 Å². The quantitative estimate of drug-likeness (QED) is 0.903. The summed E-state index contributed by atoms with van der Waals surface area (Å²) in [5.74, 6) is -0.0609. The zero-order chi connectivity index (χ0) is 17.6. The van der Waals surface area contributed by atoms with Gasteiger partial charge in [-0.05, 0) is 62.1 Å². The fourth-order valence-electron chi connectivity index (χ4n) is 3.35. The predicted octanol–water partition coefficient (Wildman–Crippen LogP) is 4.34. The number of carbonyl (C=O) groups is 2. The van der Waals surface area contributed by atoms with Crippen molar-refractivity contribution < 1.29 is 9.59 Å². The summed E-state index contributed by atoms with van der Waals surface area (Å²) >= 11 is 0. The summed E-state index contributed by atoms with van der Waals surface area (Å²) in [6.07, 6.45) is 4.37. The number of hydrogen-bond donors (Lipinski definition) is 1. The fourth-order valence-corrected chi connectivity index (χ4v) is 3.35. The van der Waals surface area contributed by atoms with Gasteiger partial charge in [0.25, 0.3) is 11.8 Å². The molecular formula is C21H24N2O2. The van der Waals surface area contributed by atoms with Crippen LogP contribution < -0.4 is 5.32 Å². The number of nitrogens with zero attached hydrogens (tertiary/aromatic N) is 1. The van der Waals surface area contributed by atoms with E-state index < -0.39 is 0 Å². The molecule has 25 heavy (non-hydrogen) atoms. The van der Waals surface area contributed by atoms with Crippen molar-refractivity contribution in [2.45, 2.75) is 38.6 Å². The second-order valence-electron chi connectivity index (χ2n) is 6.45. The topological polar surface area (TPSA) is 49.4 Å². The van der Waals surface area contributed by atoms with E-state index in [1.54, 1.807) is 36.4 Å². The molecule has 0 aliphatic carbocycles. The van der Waals surface area contributed by atoms with Crippen LogP contribution in [0.4, 0.5) is 5.69 Å². The highest BCUT2D eigenvalue weighted by molar-refractivity contribution is 6.04. The Hall–Kier alpha value is -2.62. The number of rotatable bonds is 4. The third-order valence-corrected chi connectivity index (χ3v) is 4.78. The van der Waals surface area contributed by atoms with Gasteiger partial charge in [-0.3, -0.25) is 9.59 Å². The minimum Gasteiger partial charge on any atom is -0.336 e. The molecule has 0 saturated carbocycles. The van der Waals surface area contributed by atoms with Crippen molar-refractivity contribution in [2.75, 3.05) is 11.9 Å². The average Bonchev–Trinajstić information content (AvgIpc) is 2.68. The molecule has 4 heteroatoms. The molecular weight excluding hydrogens is 312 g/mol. The number of likely N-dealkylation sites (tertiary alicyclic amines) is 1.